The molecule has 0 unspecified atom stereocenters. The van der Waals surface area contributed by atoms with Gasteiger partial charge >= 0.3 is 6.03 Å². The van der Waals surface area contributed by atoms with Crippen molar-refractivity contribution in [2.24, 2.45) is 0 Å². The van der Waals surface area contributed by atoms with Crippen LogP contribution < -0.4 is 15.4 Å². The summed E-state index contributed by atoms with van der Waals surface area (Å²) in [6.07, 6.45) is 16.1. The molecule has 0 saturated carbocycles. The van der Waals surface area contributed by atoms with Crippen LogP contribution in [0.4, 0.5) is 16.2 Å². The van der Waals surface area contributed by atoms with Crippen molar-refractivity contribution >= 4 is 33.3 Å². The molecule has 4 nitrogen and oxygen atoms in total. The Labute approximate surface area is 209 Å². The predicted octanol–water partition coefficient (Wildman–Crippen LogP) is 9.31. The highest BCUT2D eigenvalue weighted by Crippen LogP contribution is 2.18. The Bertz CT molecular complexity index is 780. The van der Waals surface area contributed by atoms with Crippen LogP contribution in [-0.4, -0.2) is 12.6 Å². The number of rotatable bonds is 17. The van der Waals surface area contributed by atoms with Crippen LogP contribution in [0.2, 0.25) is 0 Å². The molecule has 2 amide bonds. The molecule has 0 spiro atoms. The number of nitrogens with one attached hydrogen (secondary N) is 2. The lowest BCUT2D eigenvalue weighted by molar-refractivity contribution is 0.262. The highest BCUT2D eigenvalue weighted by Gasteiger charge is 2.04. The number of halogens is 1. The molecule has 0 radical (unpaired) electrons. The smallest absolute Gasteiger partial charge is 0.323 e. The van der Waals surface area contributed by atoms with Crippen LogP contribution in [0.15, 0.2) is 48.5 Å². The molecule has 2 rings (SSSR count). The Morgan fingerprint density at radius 3 is 1.94 bits per heavy atom. The molecule has 2 N–H and O–H groups in total. The predicted molar refractivity (Wildman–Crippen MR) is 145 cm³/mol. The number of benzene rings is 2. The third kappa shape index (κ3) is 12.7. The van der Waals surface area contributed by atoms with Gasteiger partial charge in [-0.2, -0.15) is 0 Å². The van der Waals surface area contributed by atoms with E-state index in [9.17, 15) is 4.79 Å². The molecule has 0 atom stereocenters. The van der Waals surface area contributed by atoms with Crippen LogP contribution in [0.1, 0.15) is 89.5 Å². The van der Waals surface area contributed by atoms with Crippen molar-refractivity contribution < 1.29 is 9.53 Å². The summed E-state index contributed by atoms with van der Waals surface area (Å²) in [6.45, 7) is 3.02. The van der Waals surface area contributed by atoms with Crippen molar-refractivity contribution in [1.82, 2.24) is 0 Å². The van der Waals surface area contributed by atoms with Gasteiger partial charge in [-0.1, -0.05) is 106 Å². The maximum atomic E-state index is 12.2. The van der Waals surface area contributed by atoms with Gasteiger partial charge < -0.3 is 15.4 Å². The SMILES string of the molecule is CCCCCCCCCCCCCCOc1ccc(NC(=O)Nc2cccc(CBr)c2)cc1. The number of ether oxygens (including phenoxy) is 1. The second-order valence-corrected chi connectivity index (χ2v) is 9.24. The molecule has 0 aliphatic rings. The van der Waals surface area contributed by atoms with E-state index in [1.165, 1.54) is 70.6 Å². The van der Waals surface area contributed by atoms with Gasteiger partial charge in [-0.05, 0) is 48.4 Å². The maximum absolute atomic E-state index is 12.2. The molecule has 0 saturated heterocycles. The topological polar surface area (TPSA) is 50.4 Å². The summed E-state index contributed by atoms with van der Waals surface area (Å²) in [5.74, 6) is 0.842. The first kappa shape index (κ1) is 27.2. The molecule has 0 aliphatic heterocycles. The molecule has 2 aromatic rings. The highest BCUT2D eigenvalue weighted by molar-refractivity contribution is 9.08. The third-order valence-corrected chi connectivity index (χ3v) is 6.37. The monoisotopic (exact) mass is 516 g/mol. The van der Waals surface area contributed by atoms with Gasteiger partial charge in [-0.15, -0.1) is 0 Å². The molecule has 0 fully saturated rings. The number of alkyl halides is 1. The van der Waals surface area contributed by atoms with Crippen molar-refractivity contribution in [2.75, 3.05) is 17.2 Å². The summed E-state index contributed by atoms with van der Waals surface area (Å²) < 4.78 is 5.85. The standard InChI is InChI=1S/C28H41BrN2O2/c1-2-3-4-5-6-7-8-9-10-11-12-13-21-33-27-19-17-25(18-20-27)30-28(32)31-26-16-14-15-24(22-26)23-29/h14-20,22H,2-13,21,23H2,1H3,(H2,30,31,32). The third-order valence-electron chi connectivity index (χ3n) is 5.72. The van der Waals surface area contributed by atoms with E-state index in [1.54, 1.807) is 0 Å². The number of carbonyl (C=O) groups excluding carboxylic acids is 1. The van der Waals surface area contributed by atoms with E-state index < -0.39 is 0 Å². The van der Waals surface area contributed by atoms with Crippen molar-refractivity contribution in [2.45, 2.75) is 89.3 Å². The zero-order valence-corrected chi connectivity index (χ0v) is 21.8. The fourth-order valence-electron chi connectivity index (χ4n) is 3.79. The Morgan fingerprint density at radius 1 is 0.758 bits per heavy atom. The Kier molecular flexibility index (Phi) is 14.4. The van der Waals surface area contributed by atoms with E-state index in [4.69, 9.17) is 4.74 Å². The van der Waals surface area contributed by atoms with Gasteiger partial charge in [0, 0.05) is 16.7 Å². The lowest BCUT2D eigenvalue weighted by Crippen LogP contribution is -2.19. The van der Waals surface area contributed by atoms with Gasteiger partial charge in [0.25, 0.3) is 0 Å². The van der Waals surface area contributed by atoms with E-state index in [2.05, 4.69) is 33.5 Å². The normalized spacial score (nSPS) is 10.7. The lowest BCUT2D eigenvalue weighted by atomic mass is 10.1. The maximum Gasteiger partial charge on any atom is 0.323 e. The van der Waals surface area contributed by atoms with Crippen LogP contribution >= 0.6 is 15.9 Å². The number of hydrogen-bond acceptors (Lipinski definition) is 2. The van der Waals surface area contributed by atoms with Gasteiger partial charge in [-0.25, -0.2) is 4.79 Å². The summed E-state index contributed by atoms with van der Waals surface area (Å²) in [5.41, 5.74) is 2.62. The largest absolute Gasteiger partial charge is 0.494 e. The van der Waals surface area contributed by atoms with Crippen LogP contribution in [-0.2, 0) is 5.33 Å². The summed E-state index contributed by atoms with van der Waals surface area (Å²) in [5, 5.41) is 6.47. The molecule has 0 heterocycles. The Balaban J connectivity index is 1.51. The number of hydrogen-bond donors (Lipinski definition) is 2. The molecule has 33 heavy (non-hydrogen) atoms. The van der Waals surface area contributed by atoms with Crippen molar-refractivity contribution in [1.29, 1.82) is 0 Å². The minimum atomic E-state index is -0.258. The zero-order chi connectivity index (χ0) is 23.6. The first-order chi connectivity index (χ1) is 16.2. The van der Waals surface area contributed by atoms with Crippen molar-refractivity contribution in [3.63, 3.8) is 0 Å². The zero-order valence-electron chi connectivity index (χ0n) is 20.2. The molecule has 5 heteroatoms. The van der Waals surface area contributed by atoms with Crippen LogP contribution in [0.3, 0.4) is 0 Å². The summed E-state index contributed by atoms with van der Waals surface area (Å²) in [6, 6.07) is 15.0. The summed E-state index contributed by atoms with van der Waals surface area (Å²) in [7, 11) is 0. The van der Waals surface area contributed by atoms with E-state index in [1.807, 2.05) is 48.5 Å². The van der Waals surface area contributed by atoms with E-state index in [0.717, 1.165) is 41.0 Å². The first-order valence-corrected chi connectivity index (χ1v) is 13.8. The van der Waals surface area contributed by atoms with E-state index >= 15 is 0 Å². The molecule has 0 bridgehead atoms. The van der Waals surface area contributed by atoms with Crippen molar-refractivity contribution in [3.05, 3.63) is 54.1 Å². The quantitative estimate of drug-likeness (QED) is 0.162. The lowest BCUT2D eigenvalue weighted by Gasteiger charge is -2.10. The number of amides is 2. The summed E-state index contributed by atoms with van der Waals surface area (Å²) >= 11 is 3.43. The van der Waals surface area contributed by atoms with Gasteiger partial charge in [0.2, 0.25) is 0 Å². The molecular formula is C28H41BrN2O2. The fraction of sp³-hybridized carbons (Fsp3) is 0.536. The Hall–Kier alpha value is -2.01. The molecule has 0 aliphatic carbocycles. The van der Waals surface area contributed by atoms with E-state index in [-0.39, 0.29) is 6.03 Å². The Morgan fingerprint density at radius 2 is 1.33 bits per heavy atom. The molecular weight excluding hydrogens is 476 g/mol. The average Bonchev–Trinajstić information content (AvgIpc) is 2.83. The van der Waals surface area contributed by atoms with E-state index in [0.29, 0.717) is 0 Å². The molecule has 2 aromatic carbocycles. The van der Waals surface area contributed by atoms with Crippen LogP contribution in [0.5, 0.6) is 5.75 Å². The first-order valence-electron chi connectivity index (χ1n) is 12.7. The number of carbonyl (C=O) groups is 1. The average molecular weight is 518 g/mol. The fourth-order valence-corrected chi connectivity index (χ4v) is 4.14. The second-order valence-electron chi connectivity index (χ2n) is 8.68. The van der Waals surface area contributed by atoms with Crippen molar-refractivity contribution in [3.8, 4) is 5.75 Å². The van der Waals surface area contributed by atoms with Gasteiger partial charge in [0.05, 0.1) is 6.61 Å². The molecule has 0 aromatic heterocycles. The molecule has 182 valence electrons. The van der Waals surface area contributed by atoms with Gasteiger partial charge in [0.15, 0.2) is 0 Å². The second kappa shape index (κ2) is 17.5. The van der Waals surface area contributed by atoms with Crippen LogP contribution in [0, 0.1) is 0 Å². The summed E-state index contributed by atoms with van der Waals surface area (Å²) in [4.78, 5) is 12.2. The number of urea groups is 1. The highest BCUT2D eigenvalue weighted by atomic mass is 79.9. The number of anilines is 2. The van der Waals surface area contributed by atoms with Gasteiger partial charge in [0.1, 0.15) is 5.75 Å². The minimum absolute atomic E-state index is 0.258. The minimum Gasteiger partial charge on any atom is -0.494 e. The van der Waals surface area contributed by atoms with Gasteiger partial charge in [-0.3, -0.25) is 0 Å². The van der Waals surface area contributed by atoms with Crippen LogP contribution in [0.25, 0.3) is 0 Å². The number of unbranched alkanes of at least 4 members (excludes halogenated alkanes) is 11.